The van der Waals surface area contributed by atoms with Crippen LogP contribution in [0.15, 0.2) is 53.1 Å². The van der Waals surface area contributed by atoms with Crippen molar-refractivity contribution in [3.8, 4) is 16.9 Å². The van der Waals surface area contributed by atoms with E-state index in [1.165, 1.54) is 19.2 Å². The number of amides is 2. The number of benzene rings is 1. The lowest BCUT2D eigenvalue weighted by Crippen LogP contribution is -2.76. The number of aliphatic carboxylic acids is 1. The van der Waals surface area contributed by atoms with Gasteiger partial charge in [-0.3, -0.25) is 14.9 Å². The number of aromatic nitrogens is 2. The summed E-state index contributed by atoms with van der Waals surface area (Å²) in [6.45, 7) is 6.06. The summed E-state index contributed by atoms with van der Waals surface area (Å²) in [5.74, 6) is -1.69. The van der Waals surface area contributed by atoms with Gasteiger partial charge in [0.25, 0.3) is 23.7 Å². The van der Waals surface area contributed by atoms with Gasteiger partial charge in [-0.05, 0) is 37.6 Å². The number of rotatable bonds is 17. The zero-order valence-corrected chi connectivity index (χ0v) is 29.1. The molecule has 51 heavy (non-hydrogen) atoms. The van der Waals surface area contributed by atoms with Crippen LogP contribution in [-0.4, -0.2) is 102 Å². The zero-order chi connectivity index (χ0) is 36.9. The van der Waals surface area contributed by atoms with Crippen LogP contribution in [0.5, 0.6) is 5.75 Å². The van der Waals surface area contributed by atoms with Crippen LogP contribution >= 0.6 is 11.3 Å². The van der Waals surface area contributed by atoms with E-state index in [4.69, 9.17) is 21.0 Å². The number of carbonyl (C=O) groups is 3. The number of nitrogen functional groups attached to an aromatic ring is 1. The van der Waals surface area contributed by atoms with Gasteiger partial charge in [0.2, 0.25) is 10.4 Å². The molecule has 4 heterocycles. The van der Waals surface area contributed by atoms with Gasteiger partial charge >= 0.3 is 5.97 Å². The van der Waals surface area contributed by atoms with E-state index in [2.05, 4.69) is 41.1 Å². The normalized spacial score (nSPS) is 18.0. The van der Waals surface area contributed by atoms with E-state index in [1.807, 2.05) is 24.3 Å². The molecule has 0 saturated carbocycles. The fourth-order valence-electron chi connectivity index (χ4n) is 5.18. The van der Waals surface area contributed by atoms with Gasteiger partial charge in [0.15, 0.2) is 10.8 Å². The molecule has 2 amide bonds. The molecular weight excluding hydrogens is 711 g/mol. The van der Waals surface area contributed by atoms with Gasteiger partial charge in [-0.25, -0.2) is 22.8 Å². The molecule has 2 fully saturated rings. The highest BCUT2D eigenvalue weighted by Crippen LogP contribution is 2.33. The molecule has 19 nitrogen and oxygen atoms in total. The van der Waals surface area contributed by atoms with Crippen molar-refractivity contribution >= 4 is 56.2 Å². The molecule has 0 bridgehead atoms. The first-order valence-electron chi connectivity index (χ1n) is 15.6. The summed E-state index contributed by atoms with van der Waals surface area (Å²) in [6, 6.07) is 9.65. The molecule has 21 heteroatoms. The molecule has 2 aromatic heterocycles. The molecular formula is C30H37N9O10S2. The average Bonchev–Trinajstić information content (AvgIpc) is 3.49. The number of carboxylic acid groups (broad SMARTS) is 1. The SMILES string of the molecule is CC1(C)[C@H](NC(=O)/C(=N\O[C@@H](COc2ccc(-c3ccc(NCCN)[n+](CC4CNC4)c3)cc2)C(=O)O)c2csc(N)n2)C(=O)N1OS(=O)(=O)[O-]. The number of thiazole rings is 1. The summed E-state index contributed by atoms with van der Waals surface area (Å²) in [7, 11) is -5.27. The smallest absolute Gasteiger partial charge is 0.351 e. The summed E-state index contributed by atoms with van der Waals surface area (Å²) >= 11 is 0.955. The molecule has 2 saturated heterocycles. The van der Waals surface area contributed by atoms with Crippen molar-refractivity contribution in [2.24, 2.45) is 16.8 Å². The van der Waals surface area contributed by atoms with Crippen molar-refractivity contribution in [1.29, 1.82) is 0 Å². The Morgan fingerprint density at radius 2 is 1.94 bits per heavy atom. The van der Waals surface area contributed by atoms with E-state index in [1.54, 1.807) is 12.1 Å². The number of carbonyl (C=O) groups excluding carboxylic acids is 2. The van der Waals surface area contributed by atoms with Crippen LogP contribution in [-0.2, 0) is 40.4 Å². The Labute approximate surface area is 296 Å². The standard InChI is InChI=1S/C30H37N9O10S2/c1-30(2)25(27(41)39(30)49-51(44,45)46)36-26(40)24(21-16-50-29(32)35-21)37-48-22(28(42)43)15-47-20-6-3-18(4-7-20)19-5-8-23(34-10-9-31)38(14-19)13-17-11-33-12-17/h3-8,14,16-17,22,25,33H,9-13,15,31H2,1-2H3,(H5,32,35,36,40,42,43,44,45,46)/b37-24-/t22-,25+/m0/s1. The van der Waals surface area contributed by atoms with Gasteiger partial charge < -0.3 is 41.3 Å². The second-order valence-electron chi connectivity index (χ2n) is 12.1. The second kappa shape index (κ2) is 15.5. The van der Waals surface area contributed by atoms with Crippen molar-refractivity contribution in [3.05, 3.63) is 53.7 Å². The van der Waals surface area contributed by atoms with Crippen molar-refractivity contribution in [3.63, 3.8) is 0 Å². The summed E-state index contributed by atoms with van der Waals surface area (Å²) in [5, 5.41) is 24.3. The number of oxime groups is 1. The van der Waals surface area contributed by atoms with E-state index >= 15 is 0 Å². The Morgan fingerprint density at radius 1 is 1.24 bits per heavy atom. The Bertz CT molecular complexity index is 1900. The number of hydroxylamine groups is 2. The first-order chi connectivity index (χ1) is 24.2. The molecule has 274 valence electrons. The Morgan fingerprint density at radius 3 is 2.51 bits per heavy atom. The number of pyridine rings is 1. The van der Waals surface area contributed by atoms with Crippen LogP contribution in [0.2, 0.25) is 0 Å². The molecule has 1 aromatic carbocycles. The topological polar surface area (TPSA) is 277 Å². The highest BCUT2D eigenvalue weighted by molar-refractivity contribution is 7.80. The maximum Gasteiger partial charge on any atom is 0.351 e. The lowest BCUT2D eigenvalue weighted by molar-refractivity contribution is -0.690. The van der Waals surface area contributed by atoms with Crippen LogP contribution < -0.4 is 36.7 Å². The number of nitrogens with zero attached hydrogens (tertiary/aromatic N) is 4. The van der Waals surface area contributed by atoms with Crippen molar-refractivity contribution < 1.29 is 50.9 Å². The highest BCUT2D eigenvalue weighted by atomic mass is 32.3. The van der Waals surface area contributed by atoms with Gasteiger partial charge in [-0.1, -0.05) is 17.3 Å². The lowest BCUT2D eigenvalue weighted by Gasteiger charge is -2.51. The number of nitrogens with one attached hydrogen (secondary N) is 3. The third kappa shape index (κ3) is 9.06. The minimum atomic E-state index is -5.27. The molecule has 0 unspecified atom stereocenters. The van der Waals surface area contributed by atoms with Gasteiger partial charge in [0.05, 0.1) is 24.8 Å². The van der Waals surface area contributed by atoms with Gasteiger partial charge in [-0.15, -0.1) is 11.3 Å². The molecule has 5 rings (SSSR count). The zero-order valence-electron chi connectivity index (χ0n) is 27.5. The molecule has 0 spiro atoms. The van der Waals surface area contributed by atoms with Gasteiger partial charge in [0.1, 0.15) is 24.1 Å². The third-order valence-corrected chi connectivity index (χ3v) is 9.04. The number of hydrogen-bond donors (Lipinski definition) is 6. The summed E-state index contributed by atoms with van der Waals surface area (Å²) in [5.41, 5.74) is 11.2. The quantitative estimate of drug-likeness (QED) is 0.0242. The predicted octanol–water partition coefficient (Wildman–Crippen LogP) is -0.980. The number of hydrogen-bond acceptors (Lipinski definition) is 16. The van der Waals surface area contributed by atoms with Gasteiger partial charge in [-0.2, -0.15) is 9.35 Å². The fraction of sp³-hybridized carbons (Fsp3) is 0.400. The first kappa shape index (κ1) is 37.3. The molecule has 3 aromatic rings. The number of β-lactam (4-membered cyclic amide) rings is 1. The Kier molecular flexibility index (Phi) is 11.4. The molecule has 2 aliphatic heterocycles. The van der Waals surface area contributed by atoms with E-state index in [9.17, 15) is 32.5 Å². The predicted molar refractivity (Wildman–Crippen MR) is 181 cm³/mol. The number of nitrogens with two attached hydrogens (primary N) is 2. The highest BCUT2D eigenvalue weighted by Gasteiger charge is 2.57. The molecule has 2 atom stereocenters. The summed E-state index contributed by atoms with van der Waals surface area (Å²) in [4.78, 5) is 47.1. The third-order valence-electron chi connectivity index (χ3n) is 8.03. The monoisotopic (exact) mass is 747 g/mol. The minimum Gasteiger partial charge on any atom is -0.724 e. The maximum atomic E-state index is 13.3. The average molecular weight is 748 g/mol. The largest absolute Gasteiger partial charge is 0.724 e. The first-order valence-corrected chi connectivity index (χ1v) is 17.8. The second-order valence-corrected chi connectivity index (χ2v) is 14.0. The molecule has 8 N–H and O–H groups in total. The van der Waals surface area contributed by atoms with Crippen molar-refractivity contribution in [2.75, 3.05) is 43.8 Å². The number of carboxylic acids is 1. The van der Waals surface area contributed by atoms with Crippen LogP contribution in [0.4, 0.5) is 10.9 Å². The summed E-state index contributed by atoms with van der Waals surface area (Å²) in [6.07, 6.45) is 0.371. The van der Waals surface area contributed by atoms with Crippen LogP contribution in [0.1, 0.15) is 19.5 Å². The van der Waals surface area contributed by atoms with E-state index in [-0.39, 0.29) is 10.8 Å². The fourth-order valence-corrected chi connectivity index (χ4v) is 6.18. The Hall–Kier alpha value is -4.93. The van der Waals surface area contributed by atoms with Gasteiger partial charge in [0, 0.05) is 42.6 Å². The van der Waals surface area contributed by atoms with Crippen molar-refractivity contribution in [1.82, 2.24) is 20.7 Å². The molecule has 0 radical (unpaired) electrons. The lowest BCUT2D eigenvalue weighted by atomic mass is 9.84. The van der Waals surface area contributed by atoms with E-state index in [0.717, 1.165) is 47.9 Å². The van der Waals surface area contributed by atoms with E-state index < -0.39 is 58.2 Å². The number of ether oxygens (including phenoxy) is 1. The molecule has 0 aliphatic carbocycles. The Balaban J connectivity index is 1.25. The number of anilines is 2. The summed E-state index contributed by atoms with van der Waals surface area (Å²) < 4.78 is 45.1. The maximum absolute atomic E-state index is 13.3. The van der Waals surface area contributed by atoms with Crippen LogP contribution in [0.3, 0.4) is 0 Å². The molecule has 2 aliphatic rings. The minimum absolute atomic E-state index is 0.0528. The van der Waals surface area contributed by atoms with Crippen LogP contribution in [0.25, 0.3) is 11.1 Å². The van der Waals surface area contributed by atoms with Crippen LogP contribution in [0, 0.1) is 5.92 Å². The van der Waals surface area contributed by atoms with E-state index in [0.29, 0.717) is 29.8 Å². The van der Waals surface area contributed by atoms with Crippen molar-refractivity contribution in [2.45, 2.75) is 38.1 Å².